The maximum absolute atomic E-state index is 12.2. The van der Waals surface area contributed by atoms with E-state index in [-0.39, 0.29) is 36.6 Å². The first-order valence-corrected chi connectivity index (χ1v) is 9.49. The molecule has 2 N–H and O–H groups in total. The molecule has 6 heteroatoms. The summed E-state index contributed by atoms with van der Waals surface area (Å²) in [5.41, 5.74) is 2.56. The van der Waals surface area contributed by atoms with Crippen molar-refractivity contribution in [2.45, 2.75) is 45.7 Å². The van der Waals surface area contributed by atoms with Crippen LogP contribution in [0.15, 0.2) is 24.3 Å². The van der Waals surface area contributed by atoms with Crippen LogP contribution in [0.5, 0.6) is 0 Å². The van der Waals surface area contributed by atoms with Crippen molar-refractivity contribution >= 4 is 30.7 Å². The third-order valence-electron chi connectivity index (χ3n) is 5.41. The standard InChI is InChI=1S/C20H31N3O.2ClH/c1-16-7-10-23(11-8-16)15-18-5-2-4-17(12-18)13-22-20(24)19-6-3-9-21-14-19;;/h2,4-5,12,16,19,21H,3,6-11,13-15H2,1H3,(H,22,24);2*1H. The number of hydrogen-bond donors (Lipinski definition) is 2. The molecule has 26 heavy (non-hydrogen) atoms. The molecule has 2 aliphatic rings. The van der Waals surface area contributed by atoms with Crippen LogP contribution in [0.2, 0.25) is 0 Å². The number of nitrogens with one attached hydrogen (secondary N) is 2. The zero-order chi connectivity index (χ0) is 16.8. The van der Waals surface area contributed by atoms with Crippen LogP contribution in [0.4, 0.5) is 0 Å². The second-order valence-electron chi connectivity index (χ2n) is 7.54. The highest BCUT2D eigenvalue weighted by Gasteiger charge is 2.20. The van der Waals surface area contributed by atoms with Gasteiger partial charge in [-0.05, 0) is 62.4 Å². The number of piperidine rings is 2. The Morgan fingerprint density at radius 1 is 1.19 bits per heavy atom. The number of hydrogen-bond acceptors (Lipinski definition) is 3. The van der Waals surface area contributed by atoms with E-state index in [2.05, 4.69) is 46.7 Å². The average Bonchev–Trinajstić information content (AvgIpc) is 2.63. The maximum Gasteiger partial charge on any atom is 0.224 e. The lowest BCUT2D eigenvalue weighted by Gasteiger charge is -2.30. The van der Waals surface area contributed by atoms with Crippen molar-refractivity contribution in [2.75, 3.05) is 26.2 Å². The monoisotopic (exact) mass is 401 g/mol. The normalized spacial score (nSPS) is 21.3. The SMILES string of the molecule is CC1CCN(Cc2cccc(CNC(=O)C3CCCNC3)c2)CC1.Cl.Cl. The fraction of sp³-hybridized carbons (Fsp3) is 0.650. The van der Waals surface area contributed by atoms with Gasteiger partial charge in [0.05, 0.1) is 5.92 Å². The first-order valence-electron chi connectivity index (χ1n) is 9.49. The van der Waals surface area contributed by atoms with Crippen LogP contribution in [0, 0.1) is 11.8 Å². The Hall–Kier alpha value is -0.810. The van der Waals surface area contributed by atoms with Gasteiger partial charge >= 0.3 is 0 Å². The number of benzene rings is 1. The minimum Gasteiger partial charge on any atom is -0.352 e. The van der Waals surface area contributed by atoms with Gasteiger partial charge in [0.1, 0.15) is 0 Å². The molecule has 1 aromatic rings. The summed E-state index contributed by atoms with van der Waals surface area (Å²) < 4.78 is 0. The number of rotatable bonds is 5. The highest BCUT2D eigenvalue weighted by molar-refractivity contribution is 5.85. The molecule has 0 radical (unpaired) electrons. The van der Waals surface area contributed by atoms with Gasteiger partial charge in [-0.1, -0.05) is 31.2 Å². The average molecular weight is 402 g/mol. The van der Waals surface area contributed by atoms with E-state index >= 15 is 0 Å². The van der Waals surface area contributed by atoms with E-state index in [1.807, 2.05) is 0 Å². The second kappa shape index (κ2) is 11.8. The molecule has 0 aliphatic carbocycles. The van der Waals surface area contributed by atoms with E-state index in [0.717, 1.165) is 38.4 Å². The Morgan fingerprint density at radius 3 is 2.62 bits per heavy atom. The topological polar surface area (TPSA) is 44.4 Å². The summed E-state index contributed by atoms with van der Waals surface area (Å²) in [6, 6.07) is 8.68. The summed E-state index contributed by atoms with van der Waals surface area (Å²) in [7, 11) is 0. The van der Waals surface area contributed by atoms with Gasteiger partial charge in [-0.2, -0.15) is 0 Å². The lowest BCUT2D eigenvalue weighted by atomic mass is 9.98. The molecule has 2 saturated heterocycles. The summed E-state index contributed by atoms with van der Waals surface area (Å²) in [5.74, 6) is 1.20. The first-order chi connectivity index (χ1) is 11.7. The summed E-state index contributed by atoms with van der Waals surface area (Å²) in [6.45, 7) is 8.29. The summed E-state index contributed by atoms with van der Waals surface area (Å²) in [5, 5.41) is 6.42. The van der Waals surface area contributed by atoms with Gasteiger partial charge in [0, 0.05) is 19.6 Å². The number of carbonyl (C=O) groups is 1. The molecule has 2 aliphatic heterocycles. The minimum absolute atomic E-state index is 0. The molecule has 3 rings (SSSR count). The number of halogens is 2. The molecular weight excluding hydrogens is 369 g/mol. The van der Waals surface area contributed by atoms with Gasteiger partial charge in [0.15, 0.2) is 0 Å². The van der Waals surface area contributed by atoms with E-state index in [1.54, 1.807) is 0 Å². The smallest absolute Gasteiger partial charge is 0.224 e. The predicted molar refractivity (Wildman–Crippen MR) is 112 cm³/mol. The first kappa shape index (κ1) is 23.2. The van der Waals surface area contributed by atoms with Crippen molar-refractivity contribution < 1.29 is 4.79 Å². The molecule has 0 spiro atoms. The Balaban J connectivity index is 0.00000169. The van der Waals surface area contributed by atoms with Gasteiger partial charge in [-0.25, -0.2) is 0 Å². The Kier molecular flexibility index (Phi) is 10.6. The highest BCUT2D eigenvalue weighted by Crippen LogP contribution is 2.18. The van der Waals surface area contributed by atoms with Crippen molar-refractivity contribution in [3.8, 4) is 0 Å². The van der Waals surface area contributed by atoms with Crippen LogP contribution in [-0.2, 0) is 17.9 Å². The molecule has 0 aromatic heterocycles. The van der Waals surface area contributed by atoms with E-state index in [0.29, 0.717) is 6.54 Å². The molecule has 4 nitrogen and oxygen atoms in total. The van der Waals surface area contributed by atoms with E-state index in [4.69, 9.17) is 0 Å². The number of amides is 1. The molecule has 1 atom stereocenters. The molecule has 0 saturated carbocycles. The molecule has 1 aromatic carbocycles. The zero-order valence-corrected chi connectivity index (χ0v) is 17.3. The maximum atomic E-state index is 12.2. The highest BCUT2D eigenvalue weighted by atomic mass is 35.5. The van der Waals surface area contributed by atoms with Crippen molar-refractivity contribution in [3.05, 3.63) is 35.4 Å². The predicted octanol–water partition coefficient (Wildman–Crippen LogP) is 3.38. The Bertz CT molecular complexity index is 542. The van der Waals surface area contributed by atoms with Crippen molar-refractivity contribution in [3.63, 3.8) is 0 Å². The van der Waals surface area contributed by atoms with Crippen molar-refractivity contribution in [1.82, 2.24) is 15.5 Å². The van der Waals surface area contributed by atoms with E-state index in [9.17, 15) is 4.79 Å². The van der Waals surface area contributed by atoms with Gasteiger partial charge in [-0.3, -0.25) is 9.69 Å². The van der Waals surface area contributed by atoms with Gasteiger partial charge < -0.3 is 10.6 Å². The second-order valence-corrected chi connectivity index (χ2v) is 7.54. The van der Waals surface area contributed by atoms with Gasteiger partial charge in [0.25, 0.3) is 0 Å². The lowest BCUT2D eigenvalue weighted by Crippen LogP contribution is -2.40. The largest absolute Gasteiger partial charge is 0.352 e. The van der Waals surface area contributed by atoms with Crippen LogP contribution in [-0.4, -0.2) is 37.0 Å². The molecule has 1 amide bonds. The Morgan fingerprint density at radius 2 is 1.92 bits per heavy atom. The lowest BCUT2D eigenvalue weighted by molar-refractivity contribution is -0.125. The third-order valence-corrected chi connectivity index (χ3v) is 5.41. The molecule has 2 heterocycles. The molecular formula is C20H33Cl2N3O. The Labute approximate surface area is 170 Å². The summed E-state index contributed by atoms with van der Waals surface area (Å²) >= 11 is 0. The quantitative estimate of drug-likeness (QED) is 0.794. The molecule has 2 fully saturated rings. The molecule has 148 valence electrons. The molecule has 1 unspecified atom stereocenters. The molecule has 0 bridgehead atoms. The van der Waals surface area contributed by atoms with Crippen LogP contribution in [0.1, 0.15) is 43.7 Å². The number of carbonyl (C=O) groups excluding carboxylic acids is 1. The van der Waals surface area contributed by atoms with Crippen LogP contribution in [0.3, 0.4) is 0 Å². The van der Waals surface area contributed by atoms with Crippen LogP contribution >= 0.6 is 24.8 Å². The van der Waals surface area contributed by atoms with E-state index in [1.165, 1.54) is 37.1 Å². The summed E-state index contributed by atoms with van der Waals surface area (Å²) in [6.07, 6.45) is 4.73. The zero-order valence-electron chi connectivity index (χ0n) is 15.7. The van der Waals surface area contributed by atoms with Crippen molar-refractivity contribution in [2.24, 2.45) is 11.8 Å². The van der Waals surface area contributed by atoms with Gasteiger partial charge in [-0.15, -0.1) is 24.8 Å². The summed E-state index contributed by atoms with van der Waals surface area (Å²) in [4.78, 5) is 14.8. The fourth-order valence-corrected chi connectivity index (χ4v) is 3.73. The van der Waals surface area contributed by atoms with Gasteiger partial charge in [0.2, 0.25) is 5.91 Å². The number of nitrogens with zero attached hydrogens (tertiary/aromatic N) is 1. The van der Waals surface area contributed by atoms with Crippen molar-refractivity contribution in [1.29, 1.82) is 0 Å². The third kappa shape index (κ3) is 7.07. The fourth-order valence-electron chi connectivity index (χ4n) is 3.73. The van der Waals surface area contributed by atoms with E-state index < -0.39 is 0 Å². The minimum atomic E-state index is 0. The number of likely N-dealkylation sites (tertiary alicyclic amines) is 1. The van der Waals surface area contributed by atoms with Crippen LogP contribution in [0.25, 0.3) is 0 Å². The van der Waals surface area contributed by atoms with Crippen LogP contribution < -0.4 is 10.6 Å².